The SMILES string of the molecule is Cc1cc(C)c(NC(=O)CSc2ncc(CO)n2CC(=O)NCc2ccccc2)c(C)c1. The van der Waals surface area contributed by atoms with Crippen molar-refractivity contribution in [1.29, 1.82) is 0 Å². The molecular weight excluding hydrogens is 424 g/mol. The van der Waals surface area contributed by atoms with E-state index in [0.29, 0.717) is 17.4 Å². The smallest absolute Gasteiger partial charge is 0.240 e. The fraction of sp³-hybridized carbons (Fsp3) is 0.292. The Morgan fingerprint density at radius 1 is 1.06 bits per heavy atom. The van der Waals surface area contributed by atoms with Crippen LogP contribution in [0.4, 0.5) is 5.69 Å². The summed E-state index contributed by atoms with van der Waals surface area (Å²) in [5.41, 5.74) is 5.52. The van der Waals surface area contributed by atoms with Crippen molar-refractivity contribution in [2.24, 2.45) is 0 Å². The van der Waals surface area contributed by atoms with Crippen molar-refractivity contribution in [1.82, 2.24) is 14.9 Å². The highest BCUT2D eigenvalue weighted by molar-refractivity contribution is 7.99. The number of aliphatic hydroxyl groups is 1. The summed E-state index contributed by atoms with van der Waals surface area (Å²) in [6, 6.07) is 13.7. The van der Waals surface area contributed by atoms with Crippen LogP contribution in [-0.4, -0.2) is 32.2 Å². The van der Waals surface area contributed by atoms with Crippen LogP contribution in [0, 0.1) is 20.8 Å². The number of hydrogen-bond donors (Lipinski definition) is 3. The van der Waals surface area contributed by atoms with E-state index in [1.165, 1.54) is 18.0 Å². The Labute approximate surface area is 192 Å². The van der Waals surface area contributed by atoms with Gasteiger partial charge in [-0.3, -0.25) is 9.59 Å². The van der Waals surface area contributed by atoms with Gasteiger partial charge < -0.3 is 20.3 Å². The van der Waals surface area contributed by atoms with E-state index in [0.717, 1.165) is 27.9 Å². The lowest BCUT2D eigenvalue weighted by atomic mass is 10.1. The normalized spacial score (nSPS) is 10.8. The minimum absolute atomic E-state index is 0.0167. The first-order valence-corrected chi connectivity index (χ1v) is 11.3. The average Bonchev–Trinajstić information content (AvgIpc) is 3.15. The van der Waals surface area contributed by atoms with E-state index in [9.17, 15) is 14.7 Å². The maximum atomic E-state index is 12.5. The zero-order chi connectivity index (χ0) is 23.1. The van der Waals surface area contributed by atoms with Crippen LogP contribution in [0.25, 0.3) is 0 Å². The third-order valence-corrected chi connectivity index (χ3v) is 5.96. The summed E-state index contributed by atoms with van der Waals surface area (Å²) in [5.74, 6) is -0.210. The Kier molecular flexibility index (Phi) is 8.08. The van der Waals surface area contributed by atoms with Gasteiger partial charge in [0.2, 0.25) is 11.8 Å². The number of carbonyl (C=O) groups excluding carboxylic acids is 2. The van der Waals surface area contributed by atoms with E-state index >= 15 is 0 Å². The van der Waals surface area contributed by atoms with Gasteiger partial charge in [-0.1, -0.05) is 59.8 Å². The molecule has 0 fully saturated rings. The molecule has 0 aliphatic heterocycles. The number of aromatic nitrogens is 2. The molecular formula is C24H28N4O3S. The van der Waals surface area contributed by atoms with Gasteiger partial charge in [0.25, 0.3) is 0 Å². The second kappa shape index (κ2) is 11.0. The second-order valence-corrected chi connectivity index (χ2v) is 8.59. The summed E-state index contributed by atoms with van der Waals surface area (Å²) >= 11 is 1.23. The van der Waals surface area contributed by atoms with Crippen LogP contribution in [0.2, 0.25) is 0 Å². The Bertz CT molecular complexity index is 1070. The van der Waals surface area contributed by atoms with Gasteiger partial charge in [-0.25, -0.2) is 4.98 Å². The number of hydrogen-bond acceptors (Lipinski definition) is 5. The molecule has 3 aromatic rings. The maximum absolute atomic E-state index is 12.5. The molecule has 0 radical (unpaired) electrons. The van der Waals surface area contributed by atoms with Crippen molar-refractivity contribution in [2.45, 2.75) is 45.6 Å². The largest absolute Gasteiger partial charge is 0.390 e. The number of thioether (sulfide) groups is 1. The van der Waals surface area contributed by atoms with Gasteiger partial charge in [0, 0.05) is 12.2 Å². The van der Waals surface area contributed by atoms with Crippen molar-refractivity contribution in [3.05, 3.63) is 76.6 Å². The maximum Gasteiger partial charge on any atom is 0.240 e. The number of amides is 2. The molecule has 3 N–H and O–H groups in total. The molecule has 168 valence electrons. The molecule has 3 rings (SSSR count). The molecule has 0 unspecified atom stereocenters. The van der Waals surface area contributed by atoms with Crippen molar-refractivity contribution >= 4 is 29.3 Å². The third kappa shape index (κ3) is 6.21. The number of benzene rings is 2. The summed E-state index contributed by atoms with van der Waals surface area (Å²) in [5, 5.41) is 16.0. The van der Waals surface area contributed by atoms with E-state index in [4.69, 9.17) is 0 Å². The Hall–Kier alpha value is -3.10. The van der Waals surface area contributed by atoms with Gasteiger partial charge in [-0.05, 0) is 37.5 Å². The lowest BCUT2D eigenvalue weighted by molar-refractivity contribution is -0.122. The highest BCUT2D eigenvalue weighted by Crippen LogP contribution is 2.23. The first kappa shape index (κ1) is 23.6. The molecule has 1 aromatic heterocycles. The number of nitrogens with one attached hydrogen (secondary N) is 2. The second-order valence-electron chi connectivity index (χ2n) is 7.65. The Morgan fingerprint density at radius 3 is 2.41 bits per heavy atom. The summed E-state index contributed by atoms with van der Waals surface area (Å²) in [6.45, 7) is 6.16. The standard InChI is InChI=1S/C24H28N4O3S/c1-16-9-17(2)23(18(3)10-16)27-22(31)15-32-24-26-12-20(14-29)28(24)13-21(30)25-11-19-7-5-4-6-8-19/h4-10,12,29H,11,13-15H2,1-3H3,(H,25,30)(H,27,31). The topological polar surface area (TPSA) is 96.2 Å². The van der Waals surface area contributed by atoms with Gasteiger partial charge >= 0.3 is 0 Å². The van der Waals surface area contributed by atoms with Gasteiger partial charge in [0.15, 0.2) is 5.16 Å². The zero-order valence-corrected chi connectivity index (χ0v) is 19.3. The van der Waals surface area contributed by atoms with E-state index in [2.05, 4.69) is 15.6 Å². The lowest BCUT2D eigenvalue weighted by Crippen LogP contribution is -2.28. The quantitative estimate of drug-likeness (QED) is 0.433. The highest BCUT2D eigenvalue weighted by atomic mass is 32.2. The number of aliphatic hydroxyl groups excluding tert-OH is 1. The fourth-order valence-electron chi connectivity index (χ4n) is 3.48. The van der Waals surface area contributed by atoms with Gasteiger partial charge in [-0.15, -0.1) is 0 Å². The molecule has 2 amide bonds. The van der Waals surface area contributed by atoms with Crippen molar-refractivity contribution in [3.8, 4) is 0 Å². The number of carbonyl (C=O) groups is 2. The Balaban J connectivity index is 1.60. The van der Waals surface area contributed by atoms with Crippen molar-refractivity contribution in [2.75, 3.05) is 11.1 Å². The molecule has 0 bridgehead atoms. The van der Waals surface area contributed by atoms with Gasteiger partial charge in [-0.2, -0.15) is 0 Å². The molecule has 1 heterocycles. The minimum atomic E-state index is -0.243. The van der Waals surface area contributed by atoms with Crippen molar-refractivity contribution in [3.63, 3.8) is 0 Å². The van der Waals surface area contributed by atoms with Crippen LogP contribution in [0.5, 0.6) is 0 Å². The first-order valence-electron chi connectivity index (χ1n) is 10.3. The predicted molar refractivity (Wildman–Crippen MR) is 126 cm³/mol. The van der Waals surface area contributed by atoms with Crippen LogP contribution >= 0.6 is 11.8 Å². The molecule has 7 nitrogen and oxygen atoms in total. The average molecular weight is 453 g/mol. The minimum Gasteiger partial charge on any atom is -0.390 e. The van der Waals surface area contributed by atoms with Crippen molar-refractivity contribution < 1.29 is 14.7 Å². The van der Waals surface area contributed by atoms with Crippen LogP contribution in [-0.2, 0) is 29.3 Å². The van der Waals surface area contributed by atoms with E-state index in [-0.39, 0.29) is 30.7 Å². The summed E-state index contributed by atoms with van der Waals surface area (Å²) < 4.78 is 1.64. The molecule has 32 heavy (non-hydrogen) atoms. The number of imidazole rings is 1. The predicted octanol–water partition coefficient (Wildman–Crippen LogP) is 3.35. The number of nitrogens with zero attached hydrogens (tertiary/aromatic N) is 2. The van der Waals surface area contributed by atoms with E-state index < -0.39 is 0 Å². The highest BCUT2D eigenvalue weighted by Gasteiger charge is 2.16. The molecule has 2 aromatic carbocycles. The van der Waals surface area contributed by atoms with E-state index in [1.807, 2.05) is 63.2 Å². The zero-order valence-electron chi connectivity index (χ0n) is 18.5. The van der Waals surface area contributed by atoms with Gasteiger partial charge in [0.05, 0.1) is 24.3 Å². The van der Waals surface area contributed by atoms with Crippen LogP contribution in [0.1, 0.15) is 27.9 Å². The van der Waals surface area contributed by atoms with Gasteiger partial charge in [0.1, 0.15) is 6.54 Å². The summed E-state index contributed by atoms with van der Waals surface area (Å²) in [4.78, 5) is 29.3. The Morgan fingerprint density at radius 2 is 1.75 bits per heavy atom. The number of anilines is 1. The number of aryl methyl sites for hydroxylation is 3. The first-order chi connectivity index (χ1) is 15.4. The summed E-state index contributed by atoms with van der Waals surface area (Å²) in [7, 11) is 0. The third-order valence-electron chi connectivity index (χ3n) is 4.97. The monoisotopic (exact) mass is 452 g/mol. The van der Waals surface area contributed by atoms with Crippen LogP contribution in [0.15, 0.2) is 53.8 Å². The van der Waals surface area contributed by atoms with E-state index in [1.54, 1.807) is 4.57 Å². The van der Waals surface area contributed by atoms with Crippen LogP contribution in [0.3, 0.4) is 0 Å². The molecule has 0 aliphatic carbocycles. The summed E-state index contributed by atoms with van der Waals surface area (Å²) in [6.07, 6.45) is 1.53. The molecule has 0 saturated heterocycles. The fourth-order valence-corrected chi connectivity index (χ4v) is 4.28. The molecule has 8 heteroatoms. The number of rotatable bonds is 9. The molecule has 0 aliphatic rings. The molecule has 0 atom stereocenters. The molecule has 0 spiro atoms. The molecule has 0 saturated carbocycles. The van der Waals surface area contributed by atoms with Crippen LogP contribution < -0.4 is 10.6 Å². The lowest BCUT2D eigenvalue weighted by Gasteiger charge is -2.13.